The number of aliphatic hydroxyl groups is 1. The van der Waals surface area contributed by atoms with Gasteiger partial charge in [-0.1, -0.05) is 0 Å². The van der Waals surface area contributed by atoms with E-state index < -0.39 is 0 Å². The summed E-state index contributed by atoms with van der Waals surface area (Å²) in [5.41, 5.74) is 0. The van der Waals surface area contributed by atoms with Crippen LogP contribution in [0, 0.1) is 5.92 Å². The molecule has 0 bridgehead atoms. The molecule has 3 heteroatoms. The van der Waals surface area contributed by atoms with Crippen molar-refractivity contribution in [3.8, 4) is 0 Å². The van der Waals surface area contributed by atoms with Crippen molar-refractivity contribution in [1.82, 2.24) is 4.90 Å². The fraction of sp³-hybridized carbons (Fsp3) is 1.00. The standard InChI is InChI=1S/C10H19NOS/c12-8-9-1-4-11(7-9)10-2-5-13-6-3-10/h9-10,12H,1-8H2/t9-/m1/s1. The molecule has 2 nitrogen and oxygen atoms in total. The molecular formula is C10H19NOS. The Morgan fingerprint density at radius 2 is 2.00 bits per heavy atom. The summed E-state index contributed by atoms with van der Waals surface area (Å²) in [5.74, 6) is 3.24. The Morgan fingerprint density at radius 1 is 1.23 bits per heavy atom. The molecule has 76 valence electrons. The Bertz CT molecular complexity index is 159. The van der Waals surface area contributed by atoms with E-state index in [1.165, 1.54) is 37.3 Å². The van der Waals surface area contributed by atoms with E-state index in [0.717, 1.165) is 12.6 Å². The molecule has 2 fully saturated rings. The lowest BCUT2D eigenvalue weighted by Crippen LogP contribution is -2.36. The van der Waals surface area contributed by atoms with Crippen LogP contribution in [0.15, 0.2) is 0 Å². The van der Waals surface area contributed by atoms with Crippen LogP contribution in [0.1, 0.15) is 19.3 Å². The molecule has 2 aliphatic rings. The minimum absolute atomic E-state index is 0.387. The molecule has 0 unspecified atom stereocenters. The third kappa shape index (κ3) is 2.39. The van der Waals surface area contributed by atoms with Crippen molar-refractivity contribution in [2.24, 2.45) is 5.92 Å². The Labute approximate surface area is 84.7 Å². The minimum Gasteiger partial charge on any atom is -0.396 e. The fourth-order valence-corrected chi connectivity index (χ4v) is 3.48. The van der Waals surface area contributed by atoms with E-state index in [1.807, 2.05) is 0 Å². The van der Waals surface area contributed by atoms with Crippen molar-refractivity contribution in [3.63, 3.8) is 0 Å². The molecule has 0 radical (unpaired) electrons. The lowest BCUT2D eigenvalue weighted by atomic mass is 10.1. The summed E-state index contributed by atoms with van der Waals surface area (Å²) < 4.78 is 0. The van der Waals surface area contributed by atoms with Crippen LogP contribution in [0.3, 0.4) is 0 Å². The van der Waals surface area contributed by atoms with Crippen LogP contribution < -0.4 is 0 Å². The summed E-state index contributed by atoms with van der Waals surface area (Å²) in [4.78, 5) is 2.60. The van der Waals surface area contributed by atoms with Gasteiger partial charge in [0.15, 0.2) is 0 Å². The zero-order valence-electron chi connectivity index (χ0n) is 8.11. The molecule has 13 heavy (non-hydrogen) atoms. The number of hydrogen-bond donors (Lipinski definition) is 1. The second-order valence-corrected chi connectivity index (χ2v) is 5.40. The smallest absolute Gasteiger partial charge is 0.0471 e. The molecule has 1 atom stereocenters. The number of hydrogen-bond acceptors (Lipinski definition) is 3. The van der Waals surface area contributed by atoms with E-state index in [-0.39, 0.29) is 0 Å². The Kier molecular flexibility index (Phi) is 3.52. The highest BCUT2D eigenvalue weighted by molar-refractivity contribution is 7.99. The zero-order chi connectivity index (χ0) is 9.10. The third-order valence-electron chi connectivity index (χ3n) is 3.28. The number of rotatable bonds is 2. The molecule has 2 heterocycles. The Morgan fingerprint density at radius 3 is 2.62 bits per heavy atom. The van der Waals surface area contributed by atoms with Gasteiger partial charge in [0, 0.05) is 19.2 Å². The summed E-state index contributed by atoms with van der Waals surface area (Å²) in [6.07, 6.45) is 3.94. The summed E-state index contributed by atoms with van der Waals surface area (Å²) >= 11 is 2.09. The first-order valence-corrected chi connectivity index (χ1v) is 6.48. The lowest BCUT2D eigenvalue weighted by Gasteiger charge is -2.30. The highest BCUT2D eigenvalue weighted by Gasteiger charge is 2.28. The Balaban J connectivity index is 1.80. The summed E-state index contributed by atoms with van der Waals surface area (Å²) in [6, 6.07) is 0.831. The van der Waals surface area contributed by atoms with Gasteiger partial charge in [-0.25, -0.2) is 0 Å². The van der Waals surface area contributed by atoms with Gasteiger partial charge < -0.3 is 5.11 Å². The highest BCUT2D eigenvalue weighted by Crippen LogP contribution is 2.26. The lowest BCUT2D eigenvalue weighted by molar-refractivity contribution is 0.191. The van der Waals surface area contributed by atoms with Gasteiger partial charge in [0.05, 0.1) is 0 Å². The average molecular weight is 201 g/mol. The minimum atomic E-state index is 0.387. The molecular weight excluding hydrogens is 182 g/mol. The maximum Gasteiger partial charge on any atom is 0.0471 e. The van der Waals surface area contributed by atoms with Crippen molar-refractivity contribution in [3.05, 3.63) is 0 Å². The normalized spacial score (nSPS) is 32.5. The van der Waals surface area contributed by atoms with Crippen molar-refractivity contribution >= 4 is 11.8 Å². The van der Waals surface area contributed by atoms with Gasteiger partial charge in [-0.15, -0.1) is 0 Å². The number of likely N-dealkylation sites (tertiary alicyclic amines) is 1. The second kappa shape index (κ2) is 4.67. The molecule has 2 saturated heterocycles. The van der Waals surface area contributed by atoms with Crippen LogP contribution in [0.4, 0.5) is 0 Å². The maximum atomic E-state index is 9.05. The summed E-state index contributed by atoms with van der Waals surface area (Å²) in [6.45, 7) is 2.75. The molecule has 0 aromatic carbocycles. The molecule has 0 amide bonds. The molecule has 0 spiro atoms. The van der Waals surface area contributed by atoms with Crippen molar-refractivity contribution < 1.29 is 5.11 Å². The van der Waals surface area contributed by atoms with E-state index in [0.29, 0.717) is 12.5 Å². The maximum absolute atomic E-state index is 9.05. The van der Waals surface area contributed by atoms with Gasteiger partial charge in [0.2, 0.25) is 0 Å². The van der Waals surface area contributed by atoms with Crippen molar-refractivity contribution in [2.75, 3.05) is 31.2 Å². The fourth-order valence-electron chi connectivity index (χ4n) is 2.39. The molecule has 2 rings (SSSR count). The number of thioether (sulfide) groups is 1. The second-order valence-electron chi connectivity index (χ2n) is 4.18. The van der Waals surface area contributed by atoms with Gasteiger partial charge in [-0.2, -0.15) is 11.8 Å². The summed E-state index contributed by atoms with van der Waals surface area (Å²) in [7, 11) is 0. The Hall–Kier alpha value is 0.270. The third-order valence-corrected chi connectivity index (χ3v) is 4.33. The van der Waals surface area contributed by atoms with Crippen LogP contribution >= 0.6 is 11.8 Å². The molecule has 0 aromatic heterocycles. The molecule has 1 N–H and O–H groups in total. The zero-order valence-corrected chi connectivity index (χ0v) is 8.93. The SMILES string of the molecule is OC[C@@H]1CCN(C2CCSCC2)C1. The van der Waals surface area contributed by atoms with Crippen LogP contribution in [-0.4, -0.2) is 47.3 Å². The number of aliphatic hydroxyl groups excluding tert-OH is 1. The van der Waals surface area contributed by atoms with Gasteiger partial charge in [0.25, 0.3) is 0 Å². The van der Waals surface area contributed by atoms with Gasteiger partial charge in [-0.05, 0) is 43.2 Å². The quantitative estimate of drug-likeness (QED) is 0.726. The van der Waals surface area contributed by atoms with E-state index in [1.54, 1.807) is 0 Å². The van der Waals surface area contributed by atoms with Crippen LogP contribution in [0.5, 0.6) is 0 Å². The van der Waals surface area contributed by atoms with Crippen molar-refractivity contribution in [2.45, 2.75) is 25.3 Å². The van der Waals surface area contributed by atoms with E-state index in [4.69, 9.17) is 5.11 Å². The molecule has 0 saturated carbocycles. The van der Waals surface area contributed by atoms with E-state index in [9.17, 15) is 0 Å². The van der Waals surface area contributed by atoms with Crippen LogP contribution in [0.2, 0.25) is 0 Å². The topological polar surface area (TPSA) is 23.5 Å². The molecule has 2 aliphatic heterocycles. The van der Waals surface area contributed by atoms with E-state index >= 15 is 0 Å². The van der Waals surface area contributed by atoms with Gasteiger partial charge in [-0.3, -0.25) is 4.90 Å². The van der Waals surface area contributed by atoms with Crippen LogP contribution in [0.25, 0.3) is 0 Å². The first-order valence-electron chi connectivity index (χ1n) is 5.33. The number of nitrogens with zero attached hydrogens (tertiary/aromatic N) is 1. The predicted molar refractivity (Wildman–Crippen MR) is 57.1 cm³/mol. The van der Waals surface area contributed by atoms with E-state index in [2.05, 4.69) is 16.7 Å². The van der Waals surface area contributed by atoms with Gasteiger partial charge in [0.1, 0.15) is 0 Å². The average Bonchev–Trinajstić information content (AvgIpc) is 2.67. The molecule has 0 aromatic rings. The van der Waals surface area contributed by atoms with Crippen LogP contribution in [-0.2, 0) is 0 Å². The summed E-state index contributed by atoms with van der Waals surface area (Å²) in [5, 5.41) is 9.05. The first-order chi connectivity index (χ1) is 6.40. The monoisotopic (exact) mass is 201 g/mol. The molecule has 0 aliphatic carbocycles. The predicted octanol–water partition coefficient (Wildman–Crippen LogP) is 1.20. The van der Waals surface area contributed by atoms with Crippen molar-refractivity contribution in [1.29, 1.82) is 0 Å². The largest absolute Gasteiger partial charge is 0.396 e. The first kappa shape index (κ1) is 9.81. The van der Waals surface area contributed by atoms with Gasteiger partial charge >= 0.3 is 0 Å². The highest BCUT2D eigenvalue weighted by atomic mass is 32.2.